The number of hydrogen-bond acceptors (Lipinski definition) is 3. The molecule has 2 heterocycles. The molecule has 5 nitrogen and oxygen atoms in total. The van der Waals surface area contributed by atoms with Gasteiger partial charge in [-0.3, -0.25) is 4.79 Å². The minimum absolute atomic E-state index is 0.0423. The SMILES string of the molecule is CC(=O)N1C[C@H]2CN(S(=O)(=O)c3ccccc3)C[C@H]2[C@@H]1c1cccc(F)c1. The van der Waals surface area contributed by atoms with Crippen molar-refractivity contribution in [2.45, 2.75) is 17.9 Å². The predicted molar refractivity (Wildman–Crippen MR) is 98.7 cm³/mol. The molecule has 2 saturated heterocycles. The van der Waals surface area contributed by atoms with Crippen molar-refractivity contribution in [3.8, 4) is 0 Å². The monoisotopic (exact) mass is 388 g/mol. The fourth-order valence-corrected chi connectivity index (χ4v) is 5.94. The number of nitrogens with zero attached hydrogens (tertiary/aromatic N) is 2. The first-order valence-corrected chi connectivity index (χ1v) is 10.4. The number of amides is 1. The lowest BCUT2D eigenvalue weighted by molar-refractivity contribution is -0.130. The highest BCUT2D eigenvalue weighted by atomic mass is 32.2. The third-order valence-electron chi connectivity index (χ3n) is 5.61. The maximum atomic E-state index is 13.8. The molecule has 142 valence electrons. The molecule has 2 fully saturated rings. The van der Waals surface area contributed by atoms with Crippen molar-refractivity contribution >= 4 is 15.9 Å². The summed E-state index contributed by atoms with van der Waals surface area (Å²) in [6.07, 6.45) is 0. The van der Waals surface area contributed by atoms with E-state index in [0.717, 1.165) is 5.56 Å². The van der Waals surface area contributed by atoms with Crippen molar-refractivity contribution in [3.05, 3.63) is 66.0 Å². The molecule has 2 aliphatic rings. The summed E-state index contributed by atoms with van der Waals surface area (Å²) in [6.45, 7) is 2.69. The van der Waals surface area contributed by atoms with Gasteiger partial charge < -0.3 is 4.90 Å². The van der Waals surface area contributed by atoms with Gasteiger partial charge in [-0.15, -0.1) is 0 Å². The smallest absolute Gasteiger partial charge is 0.243 e. The van der Waals surface area contributed by atoms with Crippen LogP contribution in [0.5, 0.6) is 0 Å². The average Bonchev–Trinajstić information content (AvgIpc) is 3.20. The Morgan fingerprint density at radius 3 is 2.44 bits per heavy atom. The maximum absolute atomic E-state index is 13.8. The summed E-state index contributed by atoms with van der Waals surface area (Å²) < 4.78 is 41.2. The number of carbonyl (C=O) groups excluding carboxylic acids is 1. The van der Waals surface area contributed by atoms with E-state index in [0.29, 0.717) is 19.6 Å². The quantitative estimate of drug-likeness (QED) is 0.812. The van der Waals surface area contributed by atoms with Crippen LogP contribution in [0.2, 0.25) is 0 Å². The molecule has 2 aromatic carbocycles. The zero-order valence-electron chi connectivity index (χ0n) is 15.0. The standard InChI is InChI=1S/C20H21FN2O3S/c1-14(24)23-12-16-11-22(27(25,26)18-8-3-2-4-9-18)13-19(16)20(23)15-6-5-7-17(21)10-15/h2-10,16,19-20H,11-13H2,1H3/t16-,19-,20+/m1/s1. The lowest BCUT2D eigenvalue weighted by Gasteiger charge is -2.29. The summed E-state index contributed by atoms with van der Waals surface area (Å²) in [4.78, 5) is 14.2. The van der Waals surface area contributed by atoms with E-state index < -0.39 is 10.0 Å². The van der Waals surface area contributed by atoms with Gasteiger partial charge in [0.1, 0.15) is 5.82 Å². The van der Waals surface area contributed by atoms with Crippen LogP contribution in [0.1, 0.15) is 18.5 Å². The summed E-state index contributed by atoms with van der Waals surface area (Å²) in [5.41, 5.74) is 0.719. The van der Waals surface area contributed by atoms with Gasteiger partial charge >= 0.3 is 0 Å². The van der Waals surface area contributed by atoms with E-state index in [2.05, 4.69) is 0 Å². The van der Waals surface area contributed by atoms with Gasteiger partial charge in [0, 0.05) is 32.5 Å². The van der Waals surface area contributed by atoms with Crippen molar-refractivity contribution in [2.24, 2.45) is 11.8 Å². The molecular weight excluding hydrogens is 367 g/mol. The molecule has 0 aliphatic carbocycles. The first-order valence-electron chi connectivity index (χ1n) is 8.96. The molecule has 7 heteroatoms. The van der Waals surface area contributed by atoms with Crippen molar-refractivity contribution in [1.29, 1.82) is 0 Å². The molecule has 0 bridgehead atoms. The Kier molecular flexibility index (Phi) is 4.52. The molecule has 2 aromatic rings. The normalized spacial score (nSPS) is 25.6. The van der Waals surface area contributed by atoms with Crippen LogP contribution in [0.15, 0.2) is 59.5 Å². The van der Waals surface area contributed by atoms with Gasteiger partial charge in [0.15, 0.2) is 0 Å². The Labute approximate surface area is 158 Å². The van der Waals surface area contributed by atoms with Gasteiger partial charge in [0.2, 0.25) is 15.9 Å². The van der Waals surface area contributed by atoms with Crippen LogP contribution in [0, 0.1) is 17.7 Å². The maximum Gasteiger partial charge on any atom is 0.243 e. The number of rotatable bonds is 3. The fraction of sp³-hybridized carbons (Fsp3) is 0.350. The summed E-state index contributed by atoms with van der Waals surface area (Å²) >= 11 is 0. The first-order chi connectivity index (χ1) is 12.9. The van der Waals surface area contributed by atoms with Crippen LogP contribution in [0.25, 0.3) is 0 Å². The zero-order chi connectivity index (χ0) is 19.2. The number of halogens is 1. The fourth-order valence-electron chi connectivity index (χ4n) is 4.38. The molecule has 0 aromatic heterocycles. The van der Waals surface area contributed by atoms with Crippen molar-refractivity contribution in [2.75, 3.05) is 19.6 Å². The van der Waals surface area contributed by atoms with Crippen LogP contribution in [-0.2, 0) is 14.8 Å². The Morgan fingerprint density at radius 1 is 1.04 bits per heavy atom. The van der Waals surface area contributed by atoms with Gasteiger partial charge in [-0.1, -0.05) is 30.3 Å². The number of fused-ring (bicyclic) bond motifs is 1. The highest BCUT2D eigenvalue weighted by molar-refractivity contribution is 7.89. The second kappa shape index (κ2) is 6.73. The Hall–Kier alpha value is -2.25. The third kappa shape index (κ3) is 3.15. The minimum atomic E-state index is -3.58. The second-order valence-electron chi connectivity index (χ2n) is 7.23. The lowest BCUT2D eigenvalue weighted by atomic mass is 9.89. The molecular formula is C20H21FN2O3S. The van der Waals surface area contributed by atoms with Crippen LogP contribution in [-0.4, -0.2) is 43.2 Å². The number of carbonyl (C=O) groups is 1. The van der Waals surface area contributed by atoms with Gasteiger partial charge in [-0.25, -0.2) is 12.8 Å². The van der Waals surface area contributed by atoms with Gasteiger partial charge in [0.05, 0.1) is 10.9 Å². The van der Waals surface area contributed by atoms with E-state index in [1.54, 1.807) is 47.4 Å². The molecule has 0 radical (unpaired) electrons. The van der Waals surface area contributed by atoms with Gasteiger partial charge in [-0.05, 0) is 35.7 Å². The predicted octanol–water partition coefficient (Wildman–Crippen LogP) is 2.67. The summed E-state index contributed by atoms with van der Waals surface area (Å²) in [5, 5.41) is 0. The van der Waals surface area contributed by atoms with Crippen LogP contribution < -0.4 is 0 Å². The summed E-state index contributed by atoms with van der Waals surface area (Å²) in [7, 11) is -3.58. The van der Waals surface area contributed by atoms with Crippen molar-refractivity contribution < 1.29 is 17.6 Å². The van der Waals surface area contributed by atoms with E-state index in [9.17, 15) is 17.6 Å². The van der Waals surface area contributed by atoms with Crippen LogP contribution in [0.4, 0.5) is 4.39 Å². The van der Waals surface area contributed by atoms with E-state index in [4.69, 9.17) is 0 Å². The number of sulfonamides is 1. The number of benzene rings is 2. The van der Waals surface area contributed by atoms with Crippen LogP contribution in [0.3, 0.4) is 0 Å². The summed E-state index contributed by atoms with van der Waals surface area (Å²) in [5.74, 6) is -0.433. The van der Waals surface area contributed by atoms with E-state index in [1.165, 1.54) is 23.4 Å². The molecule has 0 saturated carbocycles. The Balaban J connectivity index is 1.65. The third-order valence-corrected chi connectivity index (χ3v) is 7.45. The molecule has 27 heavy (non-hydrogen) atoms. The largest absolute Gasteiger partial charge is 0.335 e. The minimum Gasteiger partial charge on any atom is -0.335 e. The number of hydrogen-bond donors (Lipinski definition) is 0. The zero-order valence-corrected chi connectivity index (χ0v) is 15.8. The van der Waals surface area contributed by atoms with Crippen molar-refractivity contribution in [3.63, 3.8) is 0 Å². The molecule has 0 spiro atoms. The second-order valence-corrected chi connectivity index (χ2v) is 9.17. The average molecular weight is 388 g/mol. The van der Waals surface area contributed by atoms with Gasteiger partial charge in [0.25, 0.3) is 0 Å². The summed E-state index contributed by atoms with van der Waals surface area (Å²) in [6, 6.07) is 14.3. The highest BCUT2D eigenvalue weighted by Gasteiger charge is 2.51. The van der Waals surface area contributed by atoms with E-state index in [1.807, 2.05) is 0 Å². The van der Waals surface area contributed by atoms with Crippen molar-refractivity contribution in [1.82, 2.24) is 9.21 Å². The molecule has 0 unspecified atom stereocenters. The highest BCUT2D eigenvalue weighted by Crippen LogP contribution is 2.46. The van der Waals surface area contributed by atoms with Gasteiger partial charge in [-0.2, -0.15) is 4.31 Å². The molecule has 3 atom stereocenters. The molecule has 2 aliphatic heterocycles. The molecule has 4 rings (SSSR count). The topological polar surface area (TPSA) is 57.7 Å². The molecule has 0 N–H and O–H groups in total. The Bertz CT molecular complexity index is 964. The van der Waals surface area contributed by atoms with Crippen LogP contribution >= 0.6 is 0 Å². The van der Waals surface area contributed by atoms with E-state index in [-0.39, 0.29) is 34.5 Å². The van der Waals surface area contributed by atoms with E-state index >= 15 is 0 Å². The number of likely N-dealkylation sites (tertiary alicyclic amines) is 1. The first kappa shape index (κ1) is 18.1. The Morgan fingerprint density at radius 2 is 1.78 bits per heavy atom. The molecule has 1 amide bonds. The lowest BCUT2D eigenvalue weighted by Crippen LogP contribution is -2.36.